The Morgan fingerprint density at radius 2 is 1.84 bits per heavy atom. The third-order valence-corrected chi connectivity index (χ3v) is 3.61. The van der Waals surface area contributed by atoms with Gasteiger partial charge < -0.3 is 10.1 Å². The van der Waals surface area contributed by atoms with Crippen LogP contribution in [-0.2, 0) is 6.54 Å². The molecule has 2 aromatic carbocycles. The van der Waals surface area contributed by atoms with Crippen molar-refractivity contribution < 1.29 is 9.53 Å². The summed E-state index contributed by atoms with van der Waals surface area (Å²) in [5, 5.41) is 7.15. The number of benzene rings is 2. The first-order chi connectivity index (χ1) is 12.1. The van der Waals surface area contributed by atoms with Gasteiger partial charge in [-0.3, -0.25) is 4.79 Å². The van der Waals surface area contributed by atoms with Crippen molar-refractivity contribution in [2.75, 3.05) is 0 Å². The van der Waals surface area contributed by atoms with E-state index in [2.05, 4.69) is 10.4 Å². The molecule has 128 valence electrons. The maximum absolute atomic E-state index is 12.3. The quantitative estimate of drug-likeness (QED) is 0.749. The predicted molar refractivity (Wildman–Crippen MR) is 96.9 cm³/mol. The number of nitrogens with one attached hydrogen (secondary N) is 1. The highest BCUT2D eigenvalue weighted by molar-refractivity contribution is 5.93. The minimum absolute atomic E-state index is 0.145. The topological polar surface area (TPSA) is 56.1 Å². The second-order valence-electron chi connectivity index (χ2n) is 6.00. The Balaban J connectivity index is 1.59. The van der Waals surface area contributed by atoms with Crippen LogP contribution in [0.3, 0.4) is 0 Å². The van der Waals surface area contributed by atoms with Crippen LogP contribution in [-0.4, -0.2) is 21.8 Å². The van der Waals surface area contributed by atoms with Gasteiger partial charge in [0.1, 0.15) is 5.75 Å². The van der Waals surface area contributed by atoms with Crippen LogP contribution in [0.5, 0.6) is 5.75 Å². The molecule has 0 saturated heterocycles. The summed E-state index contributed by atoms with van der Waals surface area (Å²) in [5.41, 5.74) is 2.46. The maximum atomic E-state index is 12.3. The largest absolute Gasteiger partial charge is 0.491 e. The lowest BCUT2D eigenvalue weighted by Gasteiger charge is -2.10. The molecule has 0 spiro atoms. The number of carbonyl (C=O) groups excluding carboxylic acids is 1. The highest BCUT2D eigenvalue weighted by Gasteiger charge is 2.09. The van der Waals surface area contributed by atoms with E-state index in [0.29, 0.717) is 12.1 Å². The van der Waals surface area contributed by atoms with Crippen molar-refractivity contribution in [1.29, 1.82) is 0 Å². The zero-order valence-electron chi connectivity index (χ0n) is 14.3. The van der Waals surface area contributed by atoms with E-state index in [1.165, 1.54) is 0 Å². The van der Waals surface area contributed by atoms with Crippen molar-refractivity contribution in [2.45, 2.75) is 26.5 Å². The summed E-state index contributed by atoms with van der Waals surface area (Å²) in [6.07, 6.45) is 3.44. The van der Waals surface area contributed by atoms with Gasteiger partial charge in [-0.25, -0.2) is 4.68 Å². The van der Waals surface area contributed by atoms with Gasteiger partial charge in [0.15, 0.2) is 0 Å². The molecule has 0 saturated carbocycles. The Kier molecular flexibility index (Phi) is 5.14. The molecule has 1 aromatic heterocycles. The number of carbonyl (C=O) groups is 1. The van der Waals surface area contributed by atoms with Crippen LogP contribution in [0.15, 0.2) is 67.0 Å². The zero-order chi connectivity index (χ0) is 17.6. The lowest BCUT2D eigenvalue weighted by Crippen LogP contribution is -2.22. The zero-order valence-corrected chi connectivity index (χ0v) is 14.3. The minimum Gasteiger partial charge on any atom is -0.491 e. The highest BCUT2D eigenvalue weighted by atomic mass is 16.5. The fourth-order valence-corrected chi connectivity index (χ4v) is 2.40. The van der Waals surface area contributed by atoms with Gasteiger partial charge in [-0.2, -0.15) is 5.10 Å². The Morgan fingerprint density at radius 1 is 1.12 bits per heavy atom. The van der Waals surface area contributed by atoms with Crippen LogP contribution in [0.2, 0.25) is 0 Å². The minimum atomic E-state index is -0.148. The Bertz CT molecular complexity index is 824. The Labute approximate surface area is 147 Å². The van der Waals surface area contributed by atoms with Crippen LogP contribution in [0.25, 0.3) is 5.69 Å². The highest BCUT2D eigenvalue weighted by Crippen LogP contribution is 2.14. The molecule has 0 radical (unpaired) electrons. The van der Waals surface area contributed by atoms with E-state index in [-0.39, 0.29) is 12.0 Å². The third-order valence-electron chi connectivity index (χ3n) is 3.61. The molecule has 1 amide bonds. The van der Waals surface area contributed by atoms with Gasteiger partial charge in [0, 0.05) is 12.7 Å². The van der Waals surface area contributed by atoms with Crippen LogP contribution in [0.1, 0.15) is 29.8 Å². The fourth-order valence-electron chi connectivity index (χ4n) is 2.40. The second-order valence-corrected chi connectivity index (χ2v) is 6.00. The van der Waals surface area contributed by atoms with Gasteiger partial charge in [-0.15, -0.1) is 0 Å². The summed E-state index contributed by atoms with van der Waals surface area (Å²) in [4.78, 5) is 12.3. The van der Waals surface area contributed by atoms with Gasteiger partial charge in [-0.1, -0.05) is 30.3 Å². The lowest BCUT2D eigenvalue weighted by molar-refractivity contribution is 0.0951. The van der Waals surface area contributed by atoms with Crippen LogP contribution in [0, 0.1) is 0 Å². The first-order valence-corrected chi connectivity index (χ1v) is 8.26. The smallest absolute Gasteiger partial charge is 0.254 e. The SMILES string of the molecule is CC(C)Oc1ccc(CNC(=O)c2cnn(-c3ccccc3)c2)cc1. The summed E-state index contributed by atoms with van der Waals surface area (Å²) in [5.74, 6) is 0.680. The molecular formula is C20H21N3O2. The molecule has 25 heavy (non-hydrogen) atoms. The fraction of sp³-hybridized carbons (Fsp3) is 0.200. The van der Waals surface area contributed by atoms with Crippen LogP contribution in [0.4, 0.5) is 0 Å². The van der Waals surface area contributed by atoms with Crippen LogP contribution < -0.4 is 10.1 Å². The molecular weight excluding hydrogens is 314 g/mol. The van der Waals surface area contributed by atoms with Crippen molar-refractivity contribution in [2.24, 2.45) is 0 Å². The first-order valence-electron chi connectivity index (χ1n) is 8.26. The average Bonchev–Trinajstić information content (AvgIpc) is 3.11. The number of rotatable bonds is 6. The molecule has 5 heteroatoms. The van der Waals surface area contributed by atoms with Gasteiger partial charge in [-0.05, 0) is 43.7 Å². The maximum Gasteiger partial charge on any atom is 0.254 e. The molecule has 0 unspecified atom stereocenters. The summed E-state index contributed by atoms with van der Waals surface area (Å²) >= 11 is 0. The van der Waals surface area contributed by atoms with E-state index in [4.69, 9.17) is 4.74 Å². The number of hydrogen-bond donors (Lipinski definition) is 1. The van der Waals surface area contributed by atoms with Crippen molar-refractivity contribution >= 4 is 5.91 Å². The number of ether oxygens (including phenoxy) is 1. The number of aromatic nitrogens is 2. The molecule has 0 aliphatic carbocycles. The number of hydrogen-bond acceptors (Lipinski definition) is 3. The molecule has 0 bridgehead atoms. The van der Waals surface area contributed by atoms with E-state index in [1.807, 2.05) is 68.4 Å². The molecule has 1 N–H and O–H groups in total. The second kappa shape index (κ2) is 7.66. The van der Waals surface area contributed by atoms with Crippen LogP contribution >= 0.6 is 0 Å². The summed E-state index contributed by atoms with van der Waals surface area (Å²) < 4.78 is 7.30. The molecule has 0 fully saturated rings. The number of amides is 1. The number of nitrogens with zero attached hydrogens (tertiary/aromatic N) is 2. The summed E-state index contributed by atoms with van der Waals surface area (Å²) in [7, 11) is 0. The molecule has 0 atom stereocenters. The molecule has 5 nitrogen and oxygen atoms in total. The third kappa shape index (κ3) is 4.47. The first kappa shape index (κ1) is 16.8. The average molecular weight is 335 g/mol. The van der Waals surface area contributed by atoms with E-state index in [0.717, 1.165) is 17.0 Å². The summed E-state index contributed by atoms with van der Waals surface area (Å²) in [6.45, 7) is 4.44. The predicted octanol–water partition coefficient (Wildman–Crippen LogP) is 3.59. The van der Waals surface area contributed by atoms with Crippen molar-refractivity contribution in [3.05, 3.63) is 78.1 Å². The van der Waals surface area contributed by atoms with E-state index < -0.39 is 0 Å². The van der Waals surface area contributed by atoms with Gasteiger partial charge in [0.25, 0.3) is 5.91 Å². The van der Waals surface area contributed by atoms with Crippen molar-refractivity contribution in [3.8, 4) is 11.4 Å². The van der Waals surface area contributed by atoms with Crippen molar-refractivity contribution in [3.63, 3.8) is 0 Å². The van der Waals surface area contributed by atoms with E-state index >= 15 is 0 Å². The van der Waals surface area contributed by atoms with Gasteiger partial charge >= 0.3 is 0 Å². The molecule has 3 rings (SSSR count). The van der Waals surface area contributed by atoms with E-state index in [1.54, 1.807) is 17.1 Å². The normalized spacial score (nSPS) is 10.7. The molecule has 0 aliphatic rings. The molecule has 1 heterocycles. The monoisotopic (exact) mass is 335 g/mol. The lowest BCUT2D eigenvalue weighted by atomic mass is 10.2. The van der Waals surface area contributed by atoms with Crippen molar-refractivity contribution in [1.82, 2.24) is 15.1 Å². The van der Waals surface area contributed by atoms with Gasteiger partial charge in [0.05, 0.1) is 23.6 Å². The number of para-hydroxylation sites is 1. The molecule has 3 aromatic rings. The molecule has 0 aliphatic heterocycles. The van der Waals surface area contributed by atoms with Gasteiger partial charge in [0.2, 0.25) is 0 Å². The standard InChI is InChI=1S/C20H21N3O2/c1-15(2)25-19-10-8-16(9-11-19)12-21-20(24)17-13-22-23(14-17)18-6-4-3-5-7-18/h3-11,13-15H,12H2,1-2H3,(H,21,24). The Hall–Kier alpha value is -3.08. The summed E-state index contributed by atoms with van der Waals surface area (Å²) in [6, 6.07) is 17.4. The Morgan fingerprint density at radius 3 is 2.52 bits per heavy atom. The van der Waals surface area contributed by atoms with E-state index in [9.17, 15) is 4.79 Å².